The van der Waals surface area contributed by atoms with Crippen molar-refractivity contribution in [2.75, 3.05) is 11.9 Å². The summed E-state index contributed by atoms with van der Waals surface area (Å²) in [6.45, 7) is 0.0157. The summed E-state index contributed by atoms with van der Waals surface area (Å²) in [6.07, 6.45) is -3.58. The number of non-ortho nitro benzene ring substituents is 1. The van der Waals surface area contributed by atoms with E-state index in [1.807, 2.05) is 0 Å². The molecule has 0 aliphatic rings. The Labute approximate surface area is 133 Å². The van der Waals surface area contributed by atoms with Crippen LogP contribution in [0.4, 0.5) is 24.8 Å². The van der Waals surface area contributed by atoms with Gasteiger partial charge in [-0.25, -0.2) is 9.97 Å². The Morgan fingerprint density at radius 2 is 2.04 bits per heavy atom. The number of hydrogen-bond acceptors (Lipinski definition) is 5. The number of halogens is 4. The fourth-order valence-corrected chi connectivity index (χ4v) is 1.99. The first kappa shape index (κ1) is 16.9. The Morgan fingerprint density at radius 1 is 1.35 bits per heavy atom. The quantitative estimate of drug-likeness (QED) is 0.623. The molecule has 0 N–H and O–H groups in total. The number of alkyl halides is 3. The maximum absolute atomic E-state index is 12.7. The molecule has 1 aromatic heterocycles. The molecule has 0 atom stereocenters. The number of nitro benzene ring substituents is 1. The minimum absolute atomic E-state index is 0.0157. The number of rotatable bonds is 4. The second-order valence-electron chi connectivity index (χ2n) is 4.63. The minimum Gasteiger partial charge on any atom is -0.339 e. The first-order valence-corrected chi connectivity index (χ1v) is 6.60. The molecule has 0 aliphatic carbocycles. The van der Waals surface area contributed by atoms with E-state index in [2.05, 4.69) is 9.97 Å². The summed E-state index contributed by atoms with van der Waals surface area (Å²) < 4.78 is 38.0. The zero-order valence-corrected chi connectivity index (χ0v) is 12.5. The molecule has 0 amide bonds. The van der Waals surface area contributed by atoms with Gasteiger partial charge in [0.1, 0.15) is 5.69 Å². The first-order valence-electron chi connectivity index (χ1n) is 6.22. The van der Waals surface area contributed by atoms with Gasteiger partial charge in [-0.05, 0) is 17.7 Å². The van der Waals surface area contributed by atoms with Gasteiger partial charge in [0.2, 0.25) is 5.95 Å². The second kappa shape index (κ2) is 6.37. The molecule has 6 nitrogen and oxygen atoms in total. The van der Waals surface area contributed by atoms with E-state index in [0.717, 1.165) is 12.3 Å². The second-order valence-corrected chi connectivity index (χ2v) is 5.04. The van der Waals surface area contributed by atoms with Gasteiger partial charge in [-0.3, -0.25) is 10.1 Å². The molecule has 0 saturated carbocycles. The summed E-state index contributed by atoms with van der Waals surface area (Å²) in [5, 5.41) is 11.0. The third-order valence-corrected chi connectivity index (χ3v) is 3.29. The highest BCUT2D eigenvalue weighted by atomic mass is 35.5. The van der Waals surface area contributed by atoms with Crippen molar-refractivity contribution in [1.82, 2.24) is 9.97 Å². The van der Waals surface area contributed by atoms with Crippen molar-refractivity contribution in [2.24, 2.45) is 0 Å². The van der Waals surface area contributed by atoms with E-state index in [-0.39, 0.29) is 23.2 Å². The summed E-state index contributed by atoms with van der Waals surface area (Å²) in [5.41, 5.74) is -0.855. The van der Waals surface area contributed by atoms with Crippen LogP contribution < -0.4 is 4.90 Å². The van der Waals surface area contributed by atoms with Gasteiger partial charge in [0.15, 0.2) is 0 Å². The van der Waals surface area contributed by atoms with Crippen LogP contribution in [0.2, 0.25) is 5.02 Å². The monoisotopic (exact) mass is 346 g/mol. The summed E-state index contributed by atoms with van der Waals surface area (Å²) in [7, 11) is 1.46. The van der Waals surface area contributed by atoms with Gasteiger partial charge in [-0.1, -0.05) is 11.6 Å². The number of nitrogens with zero attached hydrogens (tertiary/aromatic N) is 4. The van der Waals surface area contributed by atoms with Crippen LogP contribution in [0.1, 0.15) is 11.3 Å². The fourth-order valence-electron chi connectivity index (χ4n) is 1.81. The fraction of sp³-hybridized carbons (Fsp3) is 0.231. The maximum Gasteiger partial charge on any atom is 0.433 e. The summed E-state index contributed by atoms with van der Waals surface area (Å²) in [4.78, 5) is 18.7. The third kappa shape index (κ3) is 4.07. The SMILES string of the molecule is CN(Cc1cc([N+](=O)[O-])ccc1Cl)c1nccc(C(F)(F)F)n1. The van der Waals surface area contributed by atoms with Crippen molar-refractivity contribution in [3.8, 4) is 0 Å². The van der Waals surface area contributed by atoms with Crippen LogP contribution in [0.5, 0.6) is 0 Å². The highest BCUT2D eigenvalue weighted by Crippen LogP contribution is 2.29. The minimum atomic E-state index is -4.58. The number of anilines is 1. The predicted molar refractivity (Wildman–Crippen MR) is 77.2 cm³/mol. The average molecular weight is 347 g/mol. The topological polar surface area (TPSA) is 72.2 Å². The zero-order valence-electron chi connectivity index (χ0n) is 11.7. The lowest BCUT2D eigenvalue weighted by Crippen LogP contribution is -2.21. The van der Waals surface area contributed by atoms with Crippen molar-refractivity contribution in [2.45, 2.75) is 12.7 Å². The zero-order chi connectivity index (χ0) is 17.2. The highest BCUT2D eigenvalue weighted by molar-refractivity contribution is 6.31. The van der Waals surface area contributed by atoms with Gasteiger partial charge in [-0.15, -0.1) is 0 Å². The largest absolute Gasteiger partial charge is 0.433 e. The Bertz CT molecular complexity index is 739. The van der Waals surface area contributed by atoms with Crippen molar-refractivity contribution in [3.63, 3.8) is 0 Å². The molecular weight excluding hydrogens is 337 g/mol. The molecule has 0 fully saturated rings. The summed E-state index contributed by atoms with van der Waals surface area (Å²) >= 11 is 5.97. The number of benzene rings is 1. The van der Waals surface area contributed by atoms with Crippen LogP contribution >= 0.6 is 11.6 Å². The van der Waals surface area contributed by atoms with Gasteiger partial charge in [0, 0.05) is 36.9 Å². The molecule has 10 heteroatoms. The normalized spacial score (nSPS) is 11.3. The lowest BCUT2D eigenvalue weighted by Gasteiger charge is -2.18. The van der Waals surface area contributed by atoms with Crippen LogP contribution in [-0.2, 0) is 12.7 Å². The molecule has 2 rings (SSSR count). The number of hydrogen-bond donors (Lipinski definition) is 0. The van der Waals surface area contributed by atoms with Crippen LogP contribution in [0, 0.1) is 10.1 Å². The van der Waals surface area contributed by atoms with E-state index in [4.69, 9.17) is 11.6 Å². The van der Waals surface area contributed by atoms with Gasteiger partial charge in [0.05, 0.1) is 4.92 Å². The first-order chi connectivity index (χ1) is 10.7. The van der Waals surface area contributed by atoms with Crippen molar-refractivity contribution < 1.29 is 18.1 Å². The Balaban J connectivity index is 2.27. The highest BCUT2D eigenvalue weighted by Gasteiger charge is 2.33. The average Bonchev–Trinajstić information content (AvgIpc) is 2.48. The lowest BCUT2D eigenvalue weighted by atomic mass is 10.2. The van der Waals surface area contributed by atoms with Gasteiger partial charge in [-0.2, -0.15) is 13.2 Å². The Hall–Kier alpha value is -2.42. The molecule has 1 heterocycles. The molecule has 122 valence electrons. The standard InChI is InChI=1S/C13H10ClF3N4O2/c1-20(12-18-5-4-11(19-12)13(15,16)17)7-8-6-9(21(22)23)2-3-10(8)14/h2-6H,7H2,1H3. The molecule has 23 heavy (non-hydrogen) atoms. The van der Waals surface area contributed by atoms with Gasteiger partial charge < -0.3 is 4.90 Å². The predicted octanol–water partition coefficient (Wildman–Crippen LogP) is 3.69. The van der Waals surface area contributed by atoms with E-state index in [0.29, 0.717) is 5.56 Å². The van der Waals surface area contributed by atoms with Gasteiger partial charge in [0.25, 0.3) is 5.69 Å². The van der Waals surface area contributed by atoms with E-state index in [1.165, 1.54) is 30.1 Å². The third-order valence-electron chi connectivity index (χ3n) is 2.92. The lowest BCUT2D eigenvalue weighted by molar-refractivity contribution is -0.384. The van der Waals surface area contributed by atoms with Crippen LogP contribution in [0.3, 0.4) is 0 Å². The van der Waals surface area contributed by atoms with Crippen LogP contribution in [-0.4, -0.2) is 21.9 Å². The van der Waals surface area contributed by atoms with E-state index < -0.39 is 16.8 Å². The molecular formula is C13H10ClF3N4O2. The van der Waals surface area contributed by atoms with E-state index >= 15 is 0 Å². The number of aromatic nitrogens is 2. The van der Waals surface area contributed by atoms with E-state index in [1.54, 1.807) is 0 Å². The molecule has 0 saturated heterocycles. The van der Waals surface area contributed by atoms with Crippen molar-refractivity contribution in [1.29, 1.82) is 0 Å². The van der Waals surface area contributed by atoms with Gasteiger partial charge >= 0.3 is 6.18 Å². The summed E-state index contributed by atoms with van der Waals surface area (Å²) in [5.74, 6) is -0.164. The van der Waals surface area contributed by atoms with Crippen LogP contribution in [0.15, 0.2) is 30.5 Å². The molecule has 0 spiro atoms. The molecule has 1 aromatic carbocycles. The summed E-state index contributed by atoms with van der Waals surface area (Å²) in [6, 6.07) is 4.62. The van der Waals surface area contributed by atoms with E-state index in [9.17, 15) is 23.3 Å². The molecule has 0 unspecified atom stereocenters. The maximum atomic E-state index is 12.7. The Kier molecular flexibility index (Phi) is 4.69. The van der Waals surface area contributed by atoms with Crippen LogP contribution in [0.25, 0.3) is 0 Å². The van der Waals surface area contributed by atoms with Crippen molar-refractivity contribution >= 4 is 23.2 Å². The van der Waals surface area contributed by atoms with Crippen molar-refractivity contribution in [3.05, 3.63) is 56.9 Å². The number of nitro groups is 1. The molecule has 2 aromatic rings. The Morgan fingerprint density at radius 3 is 2.65 bits per heavy atom. The smallest absolute Gasteiger partial charge is 0.339 e. The molecule has 0 bridgehead atoms. The molecule has 0 aliphatic heterocycles. The molecule has 0 radical (unpaired) electrons.